The minimum atomic E-state index is -0.378. The number of benzene rings is 2. The second-order valence-electron chi connectivity index (χ2n) is 6.99. The summed E-state index contributed by atoms with van der Waals surface area (Å²) in [5, 5.41) is 3.78. The fourth-order valence-corrected chi connectivity index (χ4v) is 3.73. The Balaban J connectivity index is 1.74. The molecule has 3 rings (SSSR count). The molecule has 0 atom stereocenters. The first kappa shape index (κ1) is 20.2. The third-order valence-corrected chi connectivity index (χ3v) is 5.83. The van der Waals surface area contributed by atoms with Gasteiger partial charge in [0.25, 0.3) is 5.91 Å². The van der Waals surface area contributed by atoms with Crippen LogP contribution in [0, 0.1) is 0 Å². The Bertz CT molecular complexity index is 847. The van der Waals surface area contributed by atoms with E-state index in [9.17, 15) is 9.59 Å². The second kappa shape index (κ2) is 8.65. The number of cyclic esters (lactones) is 1. The van der Waals surface area contributed by atoms with Crippen molar-refractivity contribution in [3.63, 3.8) is 0 Å². The van der Waals surface area contributed by atoms with Gasteiger partial charge in [0, 0.05) is 28.2 Å². The lowest BCUT2D eigenvalue weighted by Crippen LogP contribution is -2.40. The topological polar surface area (TPSA) is 58.6 Å². The third-order valence-electron chi connectivity index (χ3n) is 5.58. The zero-order chi connectivity index (χ0) is 20.1. The standard InChI is InChI=1S/C22H25ClN2O3/c1-3-22(4-2,17-8-10-18(23)11-9-17)15-24-20(26)16-6-5-7-19(14-16)25-12-13-28-21(25)27/h5-11,14H,3-4,12-13,15H2,1-2H3,(H,24,26). The van der Waals surface area contributed by atoms with Gasteiger partial charge in [-0.15, -0.1) is 0 Å². The third kappa shape index (κ3) is 4.14. The van der Waals surface area contributed by atoms with Gasteiger partial charge in [-0.3, -0.25) is 9.69 Å². The molecule has 2 amide bonds. The van der Waals surface area contributed by atoms with Gasteiger partial charge in [-0.25, -0.2) is 4.79 Å². The lowest BCUT2D eigenvalue weighted by atomic mass is 9.75. The van der Waals surface area contributed by atoms with Crippen molar-refractivity contribution in [3.8, 4) is 0 Å². The number of amides is 2. The molecule has 1 aliphatic rings. The predicted molar refractivity (Wildman–Crippen MR) is 111 cm³/mol. The van der Waals surface area contributed by atoms with E-state index < -0.39 is 0 Å². The first-order chi connectivity index (χ1) is 13.5. The van der Waals surface area contributed by atoms with Gasteiger partial charge in [-0.2, -0.15) is 0 Å². The smallest absolute Gasteiger partial charge is 0.414 e. The molecule has 0 aliphatic carbocycles. The van der Waals surface area contributed by atoms with Crippen LogP contribution in [-0.2, 0) is 10.2 Å². The summed E-state index contributed by atoms with van der Waals surface area (Å²) >= 11 is 6.03. The predicted octanol–water partition coefficient (Wildman–Crippen LogP) is 4.78. The van der Waals surface area contributed by atoms with Crippen molar-refractivity contribution >= 4 is 29.3 Å². The van der Waals surface area contributed by atoms with Crippen LogP contribution in [0.25, 0.3) is 0 Å². The van der Waals surface area contributed by atoms with Crippen LogP contribution in [0.3, 0.4) is 0 Å². The number of carbonyl (C=O) groups is 2. The number of rotatable bonds is 7. The SMILES string of the molecule is CCC(CC)(CNC(=O)c1cccc(N2CCOC2=O)c1)c1ccc(Cl)cc1. The number of hydrogen-bond donors (Lipinski definition) is 1. The van der Waals surface area contributed by atoms with Crippen LogP contribution in [0.1, 0.15) is 42.6 Å². The minimum Gasteiger partial charge on any atom is -0.447 e. The summed E-state index contributed by atoms with van der Waals surface area (Å²) in [5.41, 5.74) is 2.20. The molecule has 1 aliphatic heterocycles. The summed E-state index contributed by atoms with van der Waals surface area (Å²) in [4.78, 5) is 26.1. The van der Waals surface area contributed by atoms with E-state index in [1.165, 1.54) is 4.90 Å². The Kier molecular flexibility index (Phi) is 6.25. The Morgan fingerprint density at radius 2 is 1.89 bits per heavy atom. The molecule has 2 aromatic rings. The van der Waals surface area contributed by atoms with Crippen LogP contribution in [0.15, 0.2) is 48.5 Å². The number of halogens is 1. The molecule has 1 fully saturated rings. The molecule has 0 unspecified atom stereocenters. The van der Waals surface area contributed by atoms with E-state index in [0.717, 1.165) is 18.4 Å². The molecule has 1 saturated heterocycles. The molecule has 2 aromatic carbocycles. The lowest BCUT2D eigenvalue weighted by Gasteiger charge is -2.32. The Morgan fingerprint density at radius 3 is 2.50 bits per heavy atom. The van der Waals surface area contributed by atoms with Gasteiger partial charge in [0.15, 0.2) is 0 Å². The van der Waals surface area contributed by atoms with Crippen LogP contribution in [0.5, 0.6) is 0 Å². The number of nitrogens with zero attached hydrogens (tertiary/aromatic N) is 1. The van der Waals surface area contributed by atoms with E-state index in [1.807, 2.05) is 24.3 Å². The van der Waals surface area contributed by atoms with Crippen LogP contribution in [0.2, 0.25) is 5.02 Å². The zero-order valence-corrected chi connectivity index (χ0v) is 17.0. The highest BCUT2D eigenvalue weighted by atomic mass is 35.5. The van der Waals surface area contributed by atoms with Crippen molar-refractivity contribution in [2.75, 3.05) is 24.6 Å². The molecule has 0 aromatic heterocycles. The molecular weight excluding hydrogens is 376 g/mol. The lowest BCUT2D eigenvalue weighted by molar-refractivity contribution is 0.0941. The van der Waals surface area contributed by atoms with Crippen LogP contribution < -0.4 is 10.2 Å². The van der Waals surface area contributed by atoms with E-state index in [-0.39, 0.29) is 17.4 Å². The maximum absolute atomic E-state index is 12.8. The molecule has 148 valence electrons. The largest absolute Gasteiger partial charge is 0.447 e. The summed E-state index contributed by atoms with van der Waals surface area (Å²) in [6.07, 6.45) is 1.41. The maximum Gasteiger partial charge on any atom is 0.414 e. The fraction of sp³-hybridized carbons (Fsp3) is 0.364. The zero-order valence-electron chi connectivity index (χ0n) is 16.2. The molecular formula is C22H25ClN2O3. The van der Waals surface area contributed by atoms with E-state index >= 15 is 0 Å². The Hall–Kier alpha value is -2.53. The number of hydrogen-bond acceptors (Lipinski definition) is 3. The first-order valence-electron chi connectivity index (χ1n) is 9.57. The molecule has 28 heavy (non-hydrogen) atoms. The Labute approximate surface area is 170 Å². The highest BCUT2D eigenvalue weighted by Gasteiger charge is 2.29. The molecule has 6 heteroatoms. The second-order valence-corrected chi connectivity index (χ2v) is 7.43. The van der Waals surface area contributed by atoms with Gasteiger partial charge in [-0.05, 0) is 48.7 Å². The van der Waals surface area contributed by atoms with Gasteiger partial charge in [0.1, 0.15) is 6.61 Å². The van der Waals surface area contributed by atoms with E-state index in [0.29, 0.717) is 36.0 Å². The van der Waals surface area contributed by atoms with Gasteiger partial charge >= 0.3 is 6.09 Å². The fourth-order valence-electron chi connectivity index (χ4n) is 3.61. The number of anilines is 1. The van der Waals surface area contributed by atoms with Gasteiger partial charge in [0.2, 0.25) is 0 Å². The van der Waals surface area contributed by atoms with Gasteiger partial charge in [0.05, 0.1) is 6.54 Å². The summed E-state index contributed by atoms with van der Waals surface area (Å²) < 4.78 is 4.98. The van der Waals surface area contributed by atoms with Gasteiger partial charge in [-0.1, -0.05) is 43.6 Å². The van der Waals surface area contributed by atoms with E-state index in [4.69, 9.17) is 16.3 Å². The Morgan fingerprint density at radius 1 is 1.18 bits per heavy atom. The molecule has 1 N–H and O–H groups in total. The van der Waals surface area contributed by atoms with Gasteiger partial charge < -0.3 is 10.1 Å². The van der Waals surface area contributed by atoms with Crippen molar-refractivity contribution in [2.45, 2.75) is 32.1 Å². The molecule has 5 nitrogen and oxygen atoms in total. The van der Waals surface area contributed by atoms with Crippen molar-refractivity contribution in [1.29, 1.82) is 0 Å². The maximum atomic E-state index is 12.8. The van der Waals surface area contributed by atoms with Crippen molar-refractivity contribution in [2.24, 2.45) is 0 Å². The molecule has 0 radical (unpaired) electrons. The molecule has 0 spiro atoms. The summed E-state index contributed by atoms with van der Waals surface area (Å²) in [6, 6.07) is 14.9. The van der Waals surface area contributed by atoms with Crippen LogP contribution >= 0.6 is 11.6 Å². The molecule has 0 saturated carbocycles. The highest BCUT2D eigenvalue weighted by Crippen LogP contribution is 2.32. The minimum absolute atomic E-state index is 0.156. The molecule has 1 heterocycles. The van der Waals surface area contributed by atoms with Crippen LogP contribution in [0.4, 0.5) is 10.5 Å². The summed E-state index contributed by atoms with van der Waals surface area (Å²) in [6.45, 7) is 5.64. The van der Waals surface area contributed by atoms with Crippen molar-refractivity contribution < 1.29 is 14.3 Å². The summed E-state index contributed by atoms with van der Waals surface area (Å²) in [7, 11) is 0. The normalized spacial score (nSPS) is 14.1. The van der Waals surface area contributed by atoms with Crippen molar-refractivity contribution in [3.05, 3.63) is 64.7 Å². The number of ether oxygens (including phenoxy) is 1. The highest BCUT2D eigenvalue weighted by molar-refractivity contribution is 6.30. The van der Waals surface area contributed by atoms with E-state index in [1.54, 1.807) is 24.3 Å². The first-order valence-corrected chi connectivity index (χ1v) is 9.95. The van der Waals surface area contributed by atoms with Crippen molar-refractivity contribution in [1.82, 2.24) is 5.32 Å². The summed E-state index contributed by atoms with van der Waals surface area (Å²) in [5.74, 6) is -0.158. The quantitative estimate of drug-likeness (QED) is 0.727. The van der Waals surface area contributed by atoms with E-state index in [2.05, 4.69) is 19.2 Å². The average molecular weight is 401 g/mol. The van der Waals surface area contributed by atoms with Crippen LogP contribution in [-0.4, -0.2) is 31.7 Å². The monoisotopic (exact) mass is 400 g/mol. The number of nitrogens with one attached hydrogen (secondary N) is 1. The molecule has 0 bridgehead atoms. The number of carbonyl (C=O) groups excluding carboxylic acids is 2. The average Bonchev–Trinajstić information content (AvgIpc) is 3.16.